The summed E-state index contributed by atoms with van der Waals surface area (Å²) in [6.45, 7) is 0.324. The highest BCUT2D eigenvalue weighted by atomic mass is 32.2. The van der Waals surface area contributed by atoms with Crippen LogP contribution in [0.4, 0.5) is 0 Å². The summed E-state index contributed by atoms with van der Waals surface area (Å²) in [5.74, 6) is 1.59. The van der Waals surface area contributed by atoms with Crippen molar-refractivity contribution in [3.63, 3.8) is 0 Å². The van der Waals surface area contributed by atoms with E-state index >= 15 is 0 Å². The van der Waals surface area contributed by atoms with Crippen molar-refractivity contribution >= 4 is 35.5 Å². The molecule has 196 valence electrons. The van der Waals surface area contributed by atoms with Crippen LogP contribution >= 0.6 is 23.5 Å². The van der Waals surface area contributed by atoms with Crippen LogP contribution in [0.25, 0.3) is 0 Å². The van der Waals surface area contributed by atoms with Crippen LogP contribution in [-0.2, 0) is 25.7 Å². The molecular weight excluding hydrogens is 498 g/mol. The van der Waals surface area contributed by atoms with Crippen LogP contribution in [0.15, 0.2) is 42.6 Å². The third-order valence-electron chi connectivity index (χ3n) is 6.18. The van der Waals surface area contributed by atoms with Gasteiger partial charge in [0.1, 0.15) is 12.4 Å². The Balaban J connectivity index is 1.89. The number of benzene rings is 1. The molecule has 0 saturated heterocycles. The lowest BCUT2D eigenvalue weighted by atomic mass is 9.93. The zero-order valence-corrected chi connectivity index (χ0v) is 22.5. The molecule has 2 unspecified atom stereocenters. The van der Waals surface area contributed by atoms with E-state index in [-0.39, 0.29) is 29.4 Å². The first-order valence-corrected chi connectivity index (χ1v) is 14.4. The smallest absolute Gasteiger partial charge is 0.315 e. The van der Waals surface area contributed by atoms with E-state index in [0.717, 1.165) is 35.4 Å². The molecule has 2 atom stereocenters. The fourth-order valence-corrected chi connectivity index (χ4v) is 6.52. The van der Waals surface area contributed by atoms with Crippen LogP contribution in [0.5, 0.6) is 5.75 Å². The monoisotopic (exact) mass is 533 g/mol. The lowest BCUT2D eigenvalue weighted by molar-refractivity contribution is -0.140. The van der Waals surface area contributed by atoms with Gasteiger partial charge < -0.3 is 19.3 Å². The number of esters is 2. The SMILES string of the molecule is COC(=O)CCSC(c1cccc(C2CCCC2)c1OCc1ccccn1)C(O)CSCC(=O)OC. The standard InChI is InChI=1S/C27H35NO6S2/c1-32-24(30)13-15-36-27(23(29)17-35-18-25(31)33-2)22-12-7-11-21(19-8-3-4-9-19)26(22)34-16-20-10-5-6-14-28-20/h5-7,10-12,14,19,23,27,29H,3-4,8-9,13,15-18H2,1-2H3. The molecule has 1 N–H and O–H groups in total. The Kier molecular flexibility index (Phi) is 11.9. The molecule has 7 nitrogen and oxygen atoms in total. The molecule has 1 aromatic carbocycles. The molecule has 0 radical (unpaired) electrons. The van der Waals surface area contributed by atoms with Crippen molar-refractivity contribution in [3.8, 4) is 5.75 Å². The van der Waals surface area contributed by atoms with E-state index in [9.17, 15) is 14.7 Å². The number of aliphatic hydroxyl groups is 1. The van der Waals surface area contributed by atoms with Crippen LogP contribution < -0.4 is 4.74 Å². The average Bonchev–Trinajstić information content (AvgIpc) is 3.45. The number of carbonyl (C=O) groups excluding carboxylic acids is 2. The first-order valence-electron chi connectivity index (χ1n) is 12.2. The fraction of sp³-hybridized carbons (Fsp3) is 0.519. The van der Waals surface area contributed by atoms with Gasteiger partial charge in [-0.3, -0.25) is 14.6 Å². The van der Waals surface area contributed by atoms with Gasteiger partial charge in [0.15, 0.2) is 0 Å². The molecule has 0 bridgehead atoms. The number of methoxy groups -OCH3 is 2. The first kappa shape index (κ1) is 28.3. The summed E-state index contributed by atoms with van der Waals surface area (Å²) in [5, 5.41) is 10.9. The summed E-state index contributed by atoms with van der Waals surface area (Å²) in [7, 11) is 2.72. The van der Waals surface area contributed by atoms with E-state index in [0.29, 0.717) is 24.0 Å². The largest absolute Gasteiger partial charge is 0.487 e. The van der Waals surface area contributed by atoms with E-state index in [1.54, 1.807) is 6.20 Å². The second-order valence-electron chi connectivity index (χ2n) is 8.63. The van der Waals surface area contributed by atoms with Crippen molar-refractivity contribution in [2.75, 3.05) is 31.5 Å². The van der Waals surface area contributed by atoms with Crippen molar-refractivity contribution in [2.45, 2.75) is 56.0 Å². The number of hydrogen-bond acceptors (Lipinski definition) is 9. The molecule has 0 amide bonds. The minimum absolute atomic E-state index is 0.165. The average molecular weight is 534 g/mol. The van der Waals surface area contributed by atoms with Crippen LogP contribution in [0, 0.1) is 0 Å². The minimum atomic E-state index is -0.765. The van der Waals surface area contributed by atoms with E-state index in [2.05, 4.69) is 11.1 Å². The highest BCUT2D eigenvalue weighted by Crippen LogP contribution is 2.46. The maximum atomic E-state index is 11.7. The molecule has 0 aliphatic heterocycles. The Bertz CT molecular complexity index is 968. The van der Waals surface area contributed by atoms with Gasteiger partial charge in [0.05, 0.1) is 43.4 Å². The molecule has 9 heteroatoms. The molecule has 1 heterocycles. The molecule has 1 aliphatic carbocycles. The fourth-order valence-electron chi connectivity index (χ4n) is 4.34. The van der Waals surface area contributed by atoms with Crippen LogP contribution in [0.2, 0.25) is 0 Å². The summed E-state index contributed by atoms with van der Waals surface area (Å²) in [4.78, 5) is 27.7. The van der Waals surface area contributed by atoms with Gasteiger partial charge in [-0.05, 0) is 36.5 Å². The summed E-state index contributed by atoms with van der Waals surface area (Å²) in [6, 6.07) is 11.9. The first-order chi connectivity index (χ1) is 17.5. The van der Waals surface area contributed by atoms with E-state index < -0.39 is 6.10 Å². The number of ether oxygens (including phenoxy) is 3. The predicted octanol–water partition coefficient (Wildman–Crippen LogP) is 4.92. The number of carbonyl (C=O) groups is 2. The van der Waals surface area contributed by atoms with Gasteiger partial charge in [-0.15, -0.1) is 11.8 Å². The van der Waals surface area contributed by atoms with Crippen molar-refractivity contribution in [2.24, 2.45) is 0 Å². The lowest BCUT2D eigenvalue weighted by Gasteiger charge is -2.27. The van der Waals surface area contributed by atoms with Gasteiger partial charge in [0.2, 0.25) is 0 Å². The van der Waals surface area contributed by atoms with Crippen molar-refractivity contribution in [1.29, 1.82) is 0 Å². The van der Waals surface area contributed by atoms with E-state index in [1.807, 2.05) is 30.3 Å². The third kappa shape index (κ3) is 8.42. The molecule has 2 aromatic rings. The number of thioether (sulfide) groups is 2. The second kappa shape index (κ2) is 15.1. The van der Waals surface area contributed by atoms with Crippen molar-refractivity contribution < 1.29 is 28.9 Å². The minimum Gasteiger partial charge on any atom is -0.487 e. The lowest BCUT2D eigenvalue weighted by Crippen LogP contribution is -2.22. The van der Waals surface area contributed by atoms with Crippen LogP contribution in [0.1, 0.15) is 60.1 Å². The normalized spacial score (nSPS) is 15.3. The number of nitrogens with zero attached hydrogens (tertiary/aromatic N) is 1. The number of aromatic nitrogens is 1. The molecule has 1 aromatic heterocycles. The zero-order valence-electron chi connectivity index (χ0n) is 20.9. The maximum absolute atomic E-state index is 11.7. The quantitative estimate of drug-likeness (QED) is 0.339. The van der Waals surface area contributed by atoms with Gasteiger partial charge in [-0.25, -0.2) is 0 Å². The van der Waals surface area contributed by atoms with E-state index in [1.165, 1.54) is 50.6 Å². The predicted molar refractivity (Wildman–Crippen MR) is 143 cm³/mol. The van der Waals surface area contributed by atoms with Gasteiger partial charge in [-0.2, -0.15) is 11.8 Å². The highest BCUT2D eigenvalue weighted by molar-refractivity contribution is 8.00. The van der Waals surface area contributed by atoms with Crippen molar-refractivity contribution in [3.05, 3.63) is 59.4 Å². The van der Waals surface area contributed by atoms with Gasteiger partial charge in [0, 0.05) is 23.3 Å². The Hall–Kier alpha value is -2.23. The Morgan fingerprint density at radius 2 is 1.86 bits per heavy atom. The van der Waals surface area contributed by atoms with Gasteiger partial charge in [-0.1, -0.05) is 37.1 Å². The Morgan fingerprint density at radius 3 is 2.56 bits per heavy atom. The maximum Gasteiger partial charge on any atom is 0.315 e. The highest BCUT2D eigenvalue weighted by Gasteiger charge is 2.29. The molecule has 3 rings (SSSR count). The number of aliphatic hydroxyl groups excluding tert-OH is 1. The van der Waals surface area contributed by atoms with Crippen molar-refractivity contribution in [1.82, 2.24) is 4.98 Å². The number of para-hydroxylation sites is 1. The third-order valence-corrected chi connectivity index (χ3v) is 8.57. The molecule has 0 spiro atoms. The number of hydrogen-bond donors (Lipinski definition) is 1. The summed E-state index contributed by atoms with van der Waals surface area (Å²) >= 11 is 2.83. The number of rotatable bonds is 14. The Morgan fingerprint density at radius 1 is 1.08 bits per heavy atom. The summed E-state index contributed by atoms with van der Waals surface area (Å²) in [5.41, 5.74) is 2.89. The second-order valence-corrected chi connectivity index (χ2v) is 10.9. The molecule has 36 heavy (non-hydrogen) atoms. The molecular formula is C27H35NO6S2. The van der Waals surface area contributed by atoms with Gasteiger partial charge >= 0.3 is 11.9 Å². The van der Waals surface area contributed by atoms with Crippen LogP contribution in [0.3, 0.4) is 0 Å². The topological polar surface area (TPSA) is 95.0 Å². The van der Waals surface area contributed by atoms with E-state index in [4.69, 9.17) is 14.2 Å². The zero-order chi connectivity index (χ0) is 25.8. The Labute approximate surface area is 221 Å². The summed E-state index contributed by atoms with van der Waals surface area (Å²) in [6.07, 6.45) is 5.83. The van der Waals surface area contributed by atoms with Gasteiger partial charge in [0.25, 0.3) is 0 Å². The molecule has 1 saturated carbocycles. The molecule has 1 aliphatic rings. The van der Waals surface area contributed by atoms with Crippen LogP contribution in [-0.4, -0.2) is 59.6 Å². The number of pyridine rings is 1. The molecule has 1 fully saturated rings. The summed E-state index contributed by atoms with van der Waals surface area (Å²) < 4.78 is 16.0.